The van der Waals surface area contributed by atoms with Crippen molar-refractivity contribution in [1.82, 2.24) is 0 Å². The number of carbonyl (C=O) groups is 1. The number of benzene rings is 1. The number of unbranched alkanes of at least 4 members (excludes halogenated alkanes) is 1. The van der Waals surface area contributed by atoms with Crippen molar-refractivity contribution in [3.8, 4) is 0 Å². The summed E-state index contributed by atoms with van der Waals surface area (Å²) in [7, 11) is 0. The average Bonchev–Trinajstić information content (AvgIpc) is 2.33. The van der Waals surface area contributed by atoms with Crippen molar-refractivity contribution >= 4 is 23.1 Å². The molecule has 1 aromatic rings. The van der Waals surface area contributed by atoms with Gasteiger partial charge >= 0.3 is 0 Å². The molecule has 0 aliphatic rings. The van der Waals surface area contributed by atoms with Gasteiger partial charge < -0.3 is 10.0 Å². The van der Waals surface area contributed by atoms with Crippen LogP contribution in [0.5, 0.6) is 0 Å². The van der Waals surface area contributed by atoms with Crippen LogP contribution < -0.4 is 4.90 Å². The van der Waals surface area contributed by atoms with Crippen LogP contribution in [-0.4, -0.2) is 30.6 Å². The first kappa shape index (κ1) is 15.0. The smallest absolute Gasteiger partial charge is 0.161 e. The summed E-state index contributed by atoms with van der Waals surface area (Å²) >= 11 is 6.09. The van der Waals surface area contributed by atoms with Crippen molar-refractivity contribution in [1.29, 1.82) is 0 Å². The highest BCUT2D eigenvalue weighted by Crippen LogP contribution is 2.24. The van der Waals surface area contributed by atoms with Gasteiger partial charge in [-0.15, -0.1) is 0 Å². The minimum absolute atomic E-state index is 0.0335. The van der Waals surface area contributed by atoms with Gasteiger partial charge in [0.2, 0.25) is 0 Å². The Hall–Kier alpha value is -1.06. The number of aliphatic hydroxyl groups excluding tert-OH is 1. The SMILES string of the molecule is CCCCN(CCO)c1ccc(C(C)=O)c(Cl)c1. The third-order valence-electron chi connectivity index (χ3n) is 2.85. The molecule has 1 N–H and O–H groups in total. The van der Waals surface area contributed by atoms with E-state index in [2.05, 4.69) is 11.8 Å². The molecule has 0 aliphatic heterocycles. The Bertz CT molecular complexity index is 407. The van der Waals surface area contributed by atoms with Crippen molar-refractivity contribution in [2.45, 2.75) is 26.7 Å². The first-order chi connectivity index (χ1) is 8.60. The molecule has 0 unspecified atom stereocenters. The summed E-state index contributed by atoms with van der Waals surface area (Å²) in [6, 6.07) is 5.42. The molecule has 0 fully saturated rings. The fourth-order valence-corrected chi connectivity index (χ4v) is 2.13. The maximum atomic E-state index is 11.3. The number of anilines is 1. The standard InChI is InChI=1S/C14H20ClNO2/c1-3-4-7-16(8-9-17)12-5-6-13(11(2)18)14(15)10-12/h5-6,10,17H,3-4,7-9H2,1-2H3. The van der Waals surface area contributed by atoms with Gasteiger partial charge in [-0.2, -0.15) is 0 Å². The topological polar surface area (TPSA) is 40.5 Å². The second-order valence-corrected chi connectivity index (χ2v) is 4.69. The van der Waals surface area contributed by atoms with E-state index in [9.17, 15) is 4.79 Å². The first-order valence-electron chi connectivity index (χ1n) is 6.26. The number of hydrogen-bond donors (Lipinski definition) is 1. The highest BCUT2D eigenvalue weighted by Gasteiger charge is 2.10. The molecule has 0 radical (unpaired) electrons. The highest BCUT2D eigenvalue weighted by atomic mass is 35.5. The van der Waals surface area contributed by atoms with Gasteiger partial charge in [0.05, 0.1) is 11.6 Å². The normalized spacial score (nSPS) is 10.4. The van der Waals surface area contributed by atoms with Gasteiger partial charge in [-0.1, -0.05) is 24.9 Å². The summed E-state index contributed by atoms with van der Waals surface area (Å²) < 4.78 is 0. The summed E-state index contributed by atoms with van der Waals surface area (Å²) in [6.07, 6.45) is 2.16. The molecular weight excluding hydrogens is 250 g/mol. The van der Waals surface area contributed by atoms with E-state index in [-0.39, 0.29) is 12.4 Å². The molecule has 4 heteroatoms. The molecular formula is C14H20ClNO2. The van der Waals surface area contributed by atoms with Crippen LogP contribution in [0.4, 0.5) is 5.69 Å². The zero-order valence-corrected chi connectivity index (χ0v) is 11.7. The number of rotatable bonds is 7. The van der Waals surface area contributed by atoms with Crippen LogP contribution in [0.15, 0.2) is 18.2 Å². The Morgan fingerprint density at radius 3 is 2.61 bits per heavy atom. The summed E-state index contributed by atoms with van der Waals surface area (Å²) in [5.41, 5.74) is 1.49. The third kappa shape index (κ3) is 4.00. The highest BCUT2D eigenvalue weighted by molar-refractivity contribution is 6.34. The molecule has 0 aliphatic carbocycles. The zero-order valence-electron chi connectivity index (χ0n) is 10.9. The Labute approximate surface area is 113 Å². The Kier molecular flexibility index (Phi) is 6.16. The average molecular weight is 270 g/mol. The van der Waals surface area contributed by atoms with E-state index in [1.165, 1.54) is 6.92 Å². The number of ketones is 1. The second kappa shape index (κ2) is 7.39. The van der Waals surface area contributed by atoms with Gasteiger partial charge in [0.15, 0.2) is 5.78 Å². The van der Waals surface area contributed by atoms with Crippen LogP contribution in [0.1, 0.15) is 37.0 Å². The van der Waals surface area contributed by atoms with Crippen LogP contribution in [0.3, 0.4) is 0 Å². The maximum Gasteiger partial charge on any atom is 0.161 e. The first-order valence-corrected chi connectivity index (χ1v) is 6.64. The van der Waals surface area contributed by atoms with E-state index < -0.39 is 0 Å². The van der Waals surface area contributed by atoms with Gasteiger partial charge in [0.25, 0.3) is 0 Å². The van der Waals surface area contributed by atoms with Gasteiger partial charge in [0, 0.05) is 24.3 Å². The minimum atomic E-state index is -0.0335. The fourth-order valence-electron chi connectivity index (χ4n) is 1.83. The minimum Gasteiger partial charge on any atom is -0.395 e. The van der Waals surface area contributed by atoms with Crippen molar-refractivity contribution in [3.05, 3.63) is 28.8 Å². The van der Waals surface area contributed by atoms with Crippen molar-refractivity contribution in [2.75, 3.05) is 24.6 Å². The van der Waals surface area contributed by atoms with Crippen LogP contribution in [0.25, 0.3) is 0 Å². The molecule has 3 nitrogen and oxygen atoms in total. The molecule has 0 saturated heterocycles. The van der Waals surface area contributed by atoms with Gasteiger partial charge in [-0.3, -0.25) is 4.79 Å². The predicted molar refractivity (Wildman–Crippen MR) is 75.7 cm³/mol. The van der Waals surface area contributed by atoms with Crippen LogP contribution in [0, 0.1) is 0 Å². The molecule has 18 heavy (non-hydrogen) atoms. The Morgan fingerprint density at radius 2 is 2.11 bits per heavy atom. The lowest BCUT2D eigenvalue weighted by molar-refractivity contribution is 0.101. The number of aliphatic hydroxyl groups is 1. The monoisotopic (exact) mass is 269 g/mol. The van der Waals surface area contributed by atoms with E-state index in [0.717, 1.165) is 25.1 Å². The molecule has 100 valence electrons. The van der Waals surface area contributed by atoms with E-state index in [1.54, 1.807) is 12.1 Å². The van der Waals surface area contributed by atoms with E-state index in [4.69, 9.17) is 16.7 Å². The van der Waals surface area contributed by atoms with Crippen LogP contribution in [-0.2, 0) is 0 Å². The largest absolute Gasteiger partial charge is 0.395 e. The summed E-state index contributed by atoms with van der Waals surface area (Å²) in [6.45, 7) is 5.20. The number of nitrogens with zero attached hydrogens (tertiary/aromatic N) is 1. The van der Waals surface area contributed by atoms with Crippen LogP contribution >= 0.6 is 11.6 Å². The number of carbonyl (C=O) groups excluding carboxylic acids is 1. The van der Waals surface area contributed by atoms with E-state index in [0.29, 0.717) is 17.1 Å². The molecule has 0 spiro atoms. The molecule has 0 amide bonds. The quantitative estimate of drug-likeness (QED) is 0.773. The number of halogens is 1. The van der Waals surface area contributed by atoms with Gasteiger partial charge in [-0.05, 0) is 31.5 Å². The summed E-state index contributed by atoms with van der Waals surface area (Å²) in [4.78, 5) is 13.4. The fraction of sp³-hybridized carbons (Fsp3) is 0.500. The van der Waals surface area contributed by atoms with Gasteiger partial charge in [0.1, 0.15) is 0 Å². The molecule has 0 saturated carbocycles. The van der Waals surface area contributed by atoms with E-state index in [1.807, 2.05) is 6.07 Å². The molecule has 0 bridgehead atoms. The van der Waals surface area contributed by atoms with Crippen molar-refractivity contribution in [3.63, 3.8) is 0 Å². The summed E-state index contributed by atoms with van der Waals surface area (Å²) in [5, 5.41) is 9.55. The van der Waals surface area contributed by atoms with Gasteiger partial charge in [-0.25, -0.2) is 0 Å². The molecule has 0 atom stereocenters. The lowest BCUT2D eigenvalue weighted by Crippen LogP contribution is -2.27. The predicted octanol–water partition coefficient (Wildman–Crippen LogP) is 3.14. The van der Waals surface area contributed by atoms with E-state index >= 15 is 0 Å². The lowest BCUT2D eigenvalue weighted by atomic mass is 10.1. The van der Waals surface area contributed by atoms with Crippen molar-refractivity contribution < 1.29 is 9.90 Å². The Morgan fingerprint density at radius 1 is 1.39 bits per heavy atom. The zero-order chi connectivity index (χ0) is 13.5. The second-order valence-electron chi connectivity index (χ2n) is 4.28. The molecule has 1 rings (SSSR count). The lowest BCUT2D eigenvalue weighted by Gasteiger charge is -2.24. The van der Waals surface area contributed by atoms with Crippen LogP contribution in [0.2, 0.25) is 5.02 Å². The number of hydrogen-bond acceptors (Lipinski definition) is 3. The molecule has 0 heterocycles. The number of Topliss-reactive ketones (excluding diaryl/α,β-unsaturated/α-hetero) is 1. The molecule has 0 aromatic heterocycles. The summed E-state index contributed by atoms with van der Waals surface area (Å²) in [5.74, 6) is -0.0335. The molecule has 1 aromatic carbocycles. The maximum absolute atomic E-state index is 11.3. The Balaban J connectivity index is 2.91. The third-order valence-corrected chi connectivity index (χ3v) is 3.16. The van der Waals surface area contributed by atoms with Crippen molar-refractivity contribution in [2.24, 2.45) is 0 Å².